The van der Waals surface area contributed by atoms with Crippen molar-refractivity contribution in [2.24, 2.45) is 0 Å². The molecule has 0 aliphatic rings. The van der Waals surface area contributed by atoms with E-state index in [1.54, 1.807) is 29.6 Å². The number of halogens is 1. The maximum absolute atomic E-state index is 12.7. The van der Waals surface area contributed by atoms with Gasteiger partial charge in [-0.05, 0) is 36.1 Å². The molecule has 6 heteroatoms. The Bertz CT molecular complexity index is 610. The van der Waals surface area contributed by atoms with Crippen molar-refractivity contribution in [3.63, 3.8) is 0 Å². The van der Waals surface area contributed by atoms with Crippen molar-refractivity contribution < 1.29 is 18.7 Å². The van der Waals surface area contributed by atoms with Gasteiger partial charge >= 0.3 is 5.97 Å². The van der Waals surface area contributed by atoms with E-state index >= 15 is 0 Å². The molecule has 2 aromatic rings. The second-order valence-corrected chi connectivity index (χ2v) is 5.32. The molecule has 1 amide bonds. The minimum atomic E-state index is -0.889. The number of thiophene rings is 1. The molecule has 1 N–H and O–H groups in total. The summed E-state index contributed by atoms with van der Waals surface area (Å²) in [4.78, 5) is 24.0. The molecule has 1 heterocycles. The summed E-state index contributed by atoms with van der Waals surface area (Å²) >= 11 is 1.25. The Hall–Kier alpha value is -2.21. The Morgan fingerprint density at radius 1 is 1.29 bits per heavy atom. The molecule has 1 aromatic heterocycles. The summed E-state index contributed by atoms with van der Waals surface area (Å²) < 4.78 is 17.8. The first-order valence-corrected chi connectivity index (χ1v) is 7.21. The van der Waals surface area contributed by atoms with Gasteiger partial charge in [-0.3, -0.25) is 4.79 Å². The average molecular weight is 307 g/mol. The van der Waals surface area contributed by atoms with Crippen LogP contribution < -0.4 is 5.32 Å². The molecule has 0 bridgehead atoms. The average Bonchev–Trinajstić information content (AvgIpc) is 3.00. The predicted molar refractivity (Wildman–Crippen MR) is 77.4 cm³/mol. The van der Waals surface area contributed by atoms with Crippen LogP contribution in [0.1, 0.15) is 22.2 Å². The molecule has 0 saturated carbocycles. The zero-order chi connectivity index (χ0) is 15.2. The highest BCUT2D eigenvalue weighted by Crippen LogP contribution is 2.11. The topological polar surface area (TPSA) is 55.4 Å². The predicted octanol–water partition coefficient (Wildman–Crippen LogP) is 2.75. The maximum atomic E-state index is 12.7. The van der Waals surface area contributed by atoms with Gasteiger partial charge in [0.05, 0.1) is 0 Å². The summed E-state index contributed by atoms with van der Waals surface area (Å²) in [6, 6.07) is 9.18. The second kappa shape index (κ2) is 6.99. The molecule has 0 unspecified atom stereocenters. The third kappa shape index (κ3) is 4.39. The highest BCUT2D eigenvalue weighted by Gasteiger charge is 2.19. The third-order valence-electron chi connectivity index (χ3n) is 2.76. The van der Waals surface area contributed by atoms with Crippen LogP contribution in [0.5, 0.6) is 0 Å². The van der Waals surface area contributed by atoms with Gasteiger partial charge in [0.1, 0.15) is 10.7 Å². The van der Waals surface area contributed by atoms with E-state index in [1.165, 1.54) is 30.4 Å². The lowest BCUT2D eigenvalue weighted by Crippen LogP contribution is -2.35. The van der Waals surface area contributed by atoms with E-state index in [-0.39, 0.29) is 12.4 Å². The van der Waals surface area contributed by atoms with Crippen LogP contribution in [0.25, 0.3) is 0 Å². The Labute approximate surface area is 125 Å². The number of carbonyl (C=O) groups is 2. The summed E-state index contributed by atoms with van der Waals surface area (Å²) in [5.41, 5.74) is 0.765. The minimum absolute atomic E-state index is 0.250. The van der Waals surface area contributed by atoms with Crippen LogP contribution in [0.2, 0.25) is 0 Å². The lowest BCUT2D eigenvalue weighted by molar-refractivity contribution is -0.129. The summed E-state index contributed by atoms with van der Waals surface area (Å²) in [6.07, 6.45) is -0.889. The van der Waals surface area contributed by atoms with Crippen LogP contribution in [-0.2, 0) is 16.1 Å². The van der Waals surface area contributed by atoms with E-state index in [9.17, 15) is 14.0 Å². The monoisotopic (exact) mass is 307 g/mol. The van der Waals surface area contributed by atoms with E-state index < -0.39 is 18.0 Å². The third-order valence-corrected chi connectivity index (χ3v) is 3.61. The normalized spacial score (nSPS) is 11.7. The second-order valence-electron chi connectivity index (χ2n) is 4.37. The van der Waals surface area contributed by atoms with Crippen LogP contribution in [0, 0.1) is 5.82 Å². The van der Waals surface area contributed by atoms with Gasteiger partial charge in [0, 0.05) is 6.54 Å². The van der Waals surface area contributed by atoms with Gasteiger partial charge in [-0.2, -0.15) is 0 Å². The zero-order valence-corrected chi connectivity index (χ0v) is 12.2. The van der Waals surface area contributed by atoms with Gasteiger partial charge in [0.15, 0.2) is 6.10 Å². The lowest BCUT2D eigenvalue weighted by atomic mass is 10.2. The van der Waals surface area contributed by atoms with Crippen molar-refractivity contribution in [1.29, 1.82) is 0 Å². The molecule has 0 saturated heterocycles. The fraction of sp³-hybridized carbons (Fsp3) is 0.200. The van der Waals surface area contributed by atoms with Crippen molar-refractivity contribution in [3.8, 4) is 0 Å². The molecule has 2 rings (SSSR count). The summed E-state index contributed by atoms with van der Waals surface area (Å²) in [5, 5.41) is 4.39. The molecule has 4 nitrogen and oxygen atoms in total. The number of hydrogen-bond donors (Lipinski definition) is 1. The van der Waals surface area contributed by atoms with Gasteiger partial charge < -0.3 is 10.1 Å². The molecular weight excluding hydrogens is 293 g/mol. The molecule has 0 aliphatic carbocycles. The summed E-state index contributed by atoms with van der Waals surface area (Å²) in [6.45, 7) is 1.76. The van der Waals surface area contributed by atoms with Crippen molar-refractivity contribution in [2.45, 2.75) is 19.6 Å². The van der Waals surface area contributed by atoms with Crippen LogP contribution in [0.3, 0.4) is 0 Å². The highest BCUT2D eigenvalue weighted by atomic mass is 32.1. The SMILES string of the molecule is C[C@@H](OC(=O)c1cccs1)C(=O)NCc1ccc(F)cc1. The number of hydrogen-bond acceptors (Lipinski definition) is 4. The largest absolute Gasteiger partial charge is 0.448 e. The van der Waals surface area contributed by atoms with Gasteiger partial charge in [0.25, 0.3) is 5.91 Å². The Kier molecular flexibility index (Phi) is 5.05. The van der Waals surface area contributed by atoms with Crippen LogP contribution in [-0.4, -0.2) is 18.0 Å². The molecule has 0 radical (unpaired) electrons. The standard InChI is InChI=1S/C15H14FNO3S/c1-10(20-15(19)13-3-2-8-21-13)14(18)17-9-11-4-6-12(16)7-5-11/h2-8,10H,9H2,1H3,(H,17,18)/t10-/m1/s1. The smallest absolute Gasteiger partial charge is 0.349 e. The summed E-state index contributed by atoms with van der Waals surface area (Å²) in [7, 11) is 0. The number of ether oxygens (including phenoxy) is 1. The molecule has 21 heavy (non-hydrogen) atoms. The van der Waals surface area contributed by atoms with Crippen molar-refractivity contribution in [3.05, 3.63) is 58.0 Å². The van der Waals surface area contributed by atoms with E-state index in [4.69, 9.17) is 4.74 Å². The van der Waals surface area contributed by atoms with Gasteiger partial charge in [-0.15, -0.1) is 11.3 Å². The van der Waals surface area contributed by atoms with Crippen LogP contribution in [0.4, 0.5) is 4.39 Å². The molecule has 0 spiro atoms. The van der Waals surface area contributed by atoms with E-state index in [2.05, 4.69) is 5.32 Å². The van der Waals surface area contributed by atoms with Crippen LogP contribution in [0.15, 0.2) is 41.8 Å². The highest BCUT2D eigenvalue weighted by molar-refractivity contribution is 7.11. The Balaban J connectivity index is 1.82. The van der Waals surface area contributed by atoms with Gasteiger partial charge in [0.2, 0.25) is 0 Å². The van der Waals surface area contributed by atoms with E-state index in [0.717, 1.165) is 5.56 Å². The fourth-order valence-corrected chi connectivity index (χ4v) is 2.21. The first kappa shape index (κ1) is 15.2. The summed E-state index contributed by atoms with van der Waals surface area (Å²) in [5.74, 6) is -1.25. The lowest BCUT2D eigenvalue weighted by Gasteiger charge is -2.13. The van der Waals surface area contributed by atoms with E-state index in [0.29, 0.717) is 4.88 Å². The molecule has 1 aromatic carbocycles. The minimum Gasteiger partial charge on any atom is -0.448 e. The van der Waals surface area contributed by atoms with Gasteiger partial charge in [-0.25, -0.2) is 9.18 Å². The molecular formula is C15H14FNO3S. The Morgan fingerprint density at radius 2 is 2.00 bits per heavy atom. The molecule has 0 aliphatic heterocycles. The Morgan fingerprint density at radius 3 is 2.62 bits per heavy atom. The molecule has 110 valence electrons. The number of amides is 1. The van der Waals surface area contributed by atoms with Crippen molar-refractivity contribution >= 4 is 23.2 Å². The van der Waals surface area contributed by atoms with E-state index in [1.807, 2.05) is 0 Å². The molecule has 1 atom stereocenters. The number of benzene rings is 1. The first-order chi connectivity index (χ1) is 10.1. The van der Waals surface area contributed by atoms with Gasteiger partial charge in [-0.1, -0.05) is 18.2 Å². The zero-order valence-electron chi connectivity index (χ0n) is 11.3. The molecule has 0 fully saturated rings. The number of carbonyl (C=O) groups excluding carboxylic acids is 2. The quantitative estimate of drug-likeness (QED) is 0.864. The van der Waals surface area contributed by atoms with Crippen molar-refractivity contribution in [2.75, 3.05) is 0 Å². The maximum Gasteiger partial charge on any atom is 0.349 e. The number of nitrogens with one attached hydrogen (secondary N) is 1. The number of esters is 1. The number of rotatable bonds is 5. The first-order valence-electron chi connectivity index (χ1n) is 6.33. The fourth-order valence-electron chi connectivity index (χ4n) is 1.60. The van der Waals surface area contributed by atoms with Crippen LogP contribution >= 0.6 is 11.3 Å². The van der Waals surface area contributed by atoms with Crippen molar-refractivity contribution in [1.82, 2.24) is 5.32 Å².